The highest BCUT2D eigenvalue weighted by Gasteiger charge is 2.23. The number of aliphatic carboxylic acids is 1. The molecule has 1 atom stereocenters. The quantitative estimate of drug-likeness (QED) is 0.791. The molecule has 2 amide bonds. The molecule has 0 bridgehead atoms. The van der Waals surface area contributed by atoms with E-state index in [-0.39, 0.29) is 25.0 Å². The van der Waals surface area contributed by atoms with Crippen molar-refractivity contribution in [1.29, 1.82) is 0 Å². The molecule has 0 saturated carbocycles. The van der Waals surface area contributed by atoms with E-state index in [0.29, 0.717) is 5.02 Å². The van der Waals surface area contributed by atoms with Gasteiger partial charge in [0, 0.05) is 11.6 Å². The maximum absolute atomic E-state index is 11.6. The van der Waals surface area contributed by atoms with Gasteiger partial charge in [-0.3, -0.25) is 4.79 Å². The first-order chi connectivity index (χ1) is 9.06. The number of rotatable bonds is 4. The van der Waals surface area contributed by atoms with Gasteiger partial charge in [0.25, 0.3) is 0 Å². The zero-order valence-electron chi connectivity index (χ0n) is 10.3. The Morgan fingerprint density at radius 2 is 2.21 bits per heavy atom. The van der Waals surface area contributed by atoms with Gasteiger partial charge in [0.2, 0.25) is 0 Å². The predicted octanol–water partition coefficient (Wildman–Crippen LogP) is 2.10. The standard InChI is InChI=1S/C13H15ClN2O3/c14-9-2-3-10-8(7-9)1-4-11(10)16-13(19)15-6-5-12(17)18/h2-3,7,11H,1,4-6H2,(H,17,18)(H2,15,16,19). The molecule has 0 spiro atoms. The van der Waals surface area contributed by atoms with Crippen LogP contribution in [-0.2, 0) is 11.2 Å². The lowest BCUT2D eigenvalue weighted by Crippen LogP contribution is -2.38. The molecule has 1 aromatic carbocycles. The van der Waals surface area contributed by atoms with Crippen molar-refractivity contribution in [3.63, 3.8) is 0 Å². The smallest absolute Gasteiger partial charge is 0.315 e. The molecular formula is C13H15ClN2O3. The number of benzene rings is 1. The summed E-state index contributed by atoms with van der Waals surface area (Å²) in [6.07, 6.45) is 1.64. The molecule has 19 heavy (non-hydrogen) atoms. The van der Waals surface area contributed by atoms with Crippen molar-refractivity contribution in [2.45, 2.75) is 25.3 Å². The van der Waals surface area contributed by atoms with Crippen LogP contribution in [0, 0.1) is 0 Å². The van der Waals surface area contributed by atoms with E-state index < -0.39 is 5.97 Å². The first-order valence-corrected chi connectivity index (χ1v) is 6.48. The van der Waals surface area contributed by atoms with Gasteiger partial charge in [0.05, 0.1) is 12.5 Å². The number of hydrogen-bond donors (Lipinski definition) is 3. The summed E-state index contributed by atoms with van der Waals surface area (Å²) in [7, 11) is 0. The zero-order valence-corrected chi connectivity index (χ0v) is 11.0. The molecule has 1 aliphatic rings. The van der Waals surface area contributed by atoms with Crippen molar-refractivity contribution >= 4 is 23.6 Å². The molecule has 102 valence electrons. The molecule has 0 heterocycles. The minimum Gasteiger partial charge on any atom is -0.481 e. The number of nitrogens with one attached hydrogen (secondary N) is 2. The maximum atomic E-state index is 11.6. The fourth-order valence-electron chi connectivity index (χ4n) is 2.23. The Morgan fingerprint density at radius 1 is 1.42 bits per heavy atom. The summed E-state index contributed by atoms with van der Waals surface area (Å²) in [6, 6.07) is 5.28. The second kappa shape index (κ2) is 5.93. The second-order valence-corrected chi connectivity index (χ2v) is 4.91. The lowest BCUT2D eigenvalue weighted by molar-refractivity contribution is -0.136. The number of amides is 2. The Balaban J connectivity index is 1.88. The average Bonchev–Trinajstić information content (AvgIpc) is 2.71. The number of aryl methyl sites for hydroxylation is 1. The first-order valence-electron chi connectivity index (χ1n) is 6.11. The highest BCUT2D eigenvalue weighted by Crippen LogP contribution is 2.32. The van der Waals surface area contributed by atoms with Gasteiger partial charge in [0.15, 0.2) is 0 Å². The molecule has 0 radical (unpaired) electrons. The van der Waals surface area contributed by atoms with E-state index in [4.69, 9.17) is 16.7 Å². The highest BCUT2D eigenvalue weighted by molar-refractivity contribution is 6.30. The number of carboxylic acid groups (broad SMARTS) is 1. The second-order valence-electron chi connectivity index (χ2n) is 4.48. The van der Waals surface area contributed by atoms with E-state index in [1.807, 2.05) is 18.2 Å². The Labute approximate surface area is 116 Å². The van der Waals surface area contributed by atoms with Crippen LogP contribution >= 0.6 is 11.6 Å². The van der Waals surface area contributed by atoms with Crippen molar-refractivity contribution in [2.24, 2.45) is 0 Å². The fraction of sp³-hybridized carbons (Fsp3) is 0.385. The third kappa shape index (κ3) is 3.61. The molecule has 6 heteroatoms. The van der Waals surface area contributed by atoms with Crippen LogP contribution < -0.4 is 10.6 Å². The van der Waals surface area contributed by atoms with Crippen molar-refractivity contribution in [3.8, 4) is 0 Å². The third-order valence-corrected chi connectivity index (χ3v) is 3.35. The van der Waals surface area contributed by atoms with E-state index in [9.17, 15) is 9.59 Å². The molecule has 5 nitrogen and oxygen atoms in total. The molecule has 0 aliphatic heterocycles. The lowest BCUT2D eigenvalue weighted by atomic mass is 10.1. The average molecular weight is 283 g/mol. The van der Waals surface area contributed by atoms with E-state index in [0.717, 1.165) is 24.0 Å². The van der Waals surface area contributed by atoms with Gasteiger partial charge < -0.3 is 15.7 Å². The van der Waals surface area contributed by atoms with Crippen molar-refractivity contribution in [1.82, 2.24) is 10.6 Å². The number of urea groups is 1. The van der Waals surface area contributed by atoms with Crippen LogP contribution in [0.3, 0.4) is 0 Å². The van der Waals surface area contributed by atoms with Gasteiger partial charge >= 0.3 is 12.0 Å². The Hall–Kier alpha value is -1.75. The SMILES string of the molecule is O=C(O)CCNC(=O)NC1CCc2cc(Cl)ccc21. The molecular weight excluding hydrogens is 268 g/mol. The van der Waals surface area contributed by atoms with Crippen LogP contribution in [-0.4, -0.2) is 23.7 Å². The summed E-state index contributed by atoms with van der Waals surface area (Å²) >= 11 is 5.92. The van der Waals surface area contributed by atoms with E-state index in [2.05, 4.69) is 10.6 Å². The predicted molar refractivity (Wildman–Crippen MR) is 71.3 cm³/mol. The Morgan fingerprint density at radius 3 is 2.95 bits per heavy atom. The number of carbonyl (C=O) groups excluding carboxylic acids is 1. The molecule has 0 fully saturated rings. The maximum Gasteiger partial charge on any atom is 0.315 e. The largest absolute Gasteiger partial charge is 0.481 e. The third-order valence-electron chi connectivity index (χ3n) is 3.11. The molecule has 3 N–H and O–H groups in total. The Bertz CT molecular complexity index is 505. The molecule has 1 aliphatic carbocycles. The molecule has 2 rings (SSSR count). The van der Waals surface area contributed by atoms with Crippen LogP contribution in [0.2, 0.25) is 5.02 Å². The van der Waals surface area contributed by atoms with Gasteiger partial charge in [0.1, 0.15) is 0 Å². The summed E-state index contributed by atoms with van der Waals surface area (Å²) in [5.74, 6) is -0.929. The summed E-state index contributed by atoms with van der Waals surface area (Å²) in [5, 5.41) is 14.6. The van der Waals surface area contributed by atoms with Crippen molar-refractivity contribution < 1.29 is 14.7 Å². The fourth-order valence-corrected chi connectivity index (χ4v) is 2.42. The number of fused-ring (bicyclic) bond motifs is 1. The van der Waals surface area contributed by atoms with E-state index in [1.54, 1.807) is 0 Å². The van der Waals surface area contributed by atoms with Crippen molar-refractivity contribution in [2.75, 3.05) is 6.54 Å². The van der Waals surface area contributed by atoms with Gasteiger partial charge in [-0.1, -0.05) is 17.7 Å². The van der Waals surface area contributed by atoms with Gasteiger partial charge in [-0.2, -0.15) is 0 Å². The molecule has 1 unspecified atom stereocenters. The zero-order chi connectivity index (χ0) is 13.8. The van der Waals surface area contributed by atoms with Crippen LogP contribution in [0.15, 0.2) is 18.2 Å². The summed E-state index contributed by atoms with van der Waals surface area (Å²) in [4.78, 5) is 22.0. The molecule has 0 aromatic heterocycles. The van der Waals surface area contributed by atoms with Crippen molar-refractivity contribution in [3.05, 3.63) is 34.3 Å². The molecule has 1 aromatic rings. The number of carboxylic acids is 1. The number of carbonyl (C=O) groups is 2. The first kappa shape index (κ1) is 13.7. The van der Waals surface area contributed by atoms with Gasteiger partial charge in [-0.05, 0) is 36.1 Å². The monoisotopic (exact) mass is 282 g/mol. The minimum atomic E-state index is -0.929. The van der Waals surface area contributed by atoms with Crippen LogP contribution in [0.25, 0.3) is 0 Å². The Kier molecular flexibility index (Phi) is 4.27. The summed E-state index contributed by atoms with van der Waals surface area (Å²) < 4.78 is 0. The summed E-state index contributed by atoms with van der Waals surface area (Å²) in [6.45, 7) is 0.126. The highest BCUT2D eigenvalue weighted by atomic mass is 35.5. The van der Waals surface area contributed by atoms with Crippen LogP contribution in [0.5, 0.6) is 0 Å². The van der Waals surface area contributed by atoms with Crippen LogP contribution in [0.4, 0.5) is 4.79 Å². The molecule has 0 saturated heterocycles. The van der Waals surface area contributed by atoms with Gasteiger partial charge in [-0.15, -0.1) is 0 Å². The van der Waals surface area contributed by atoms with Crippen LogP contribution in [0.1, 0.15) is 30.0 Å². The van der Waals surface area contributed by atoms with E-state index in [1.165, 1.54) is 0 Å². The lowest BCUT2D eigenvalue weighted by Gasteiger charge is -2.14. The van der Waals surface area contributed by atoms with E-state index >= 15 is 0 Å². The minimum absolute atomic E-state index is 0.0305. The summed E-state index contributed by atoms with van der Waals surface area (Å²) in [5.41, 5.74) is 2.24. The van der Waals surface area contributed by atoms with Gasteiger partial charge in [-0.25, -0.2) is 4.79 Å². The number of hydrogen-bond acceptors (Lipinski definition) is 2. The number of halogens is 1. The topological polar surface area (TPSA) is 78.4 Å². The normalized spacial score (nSPS) is 16.8.